The lowest BCUT2D eigenvalue weighted by molar-refractivity contribution is 0.0688. The third-order valence-corrected chi connectivity index (χ3v) is 2.73. The quantitative estimate of drug-likeness (QED) is 0.694. The van der Waals surface area contributed by atoms with Crippen molar-refractivity contribution in [2.75, 3.05) is 13.2 Å². The van der Waals surface area contributed by atoms with Crippen molar-refractivity contribution in [2.45, 2.75) is 46.6 Å². The van der Waals surface area contributed by atoms with Gasteiger partial charge in [-0.25, -0.2) is 9.48 Å². The molecule has 6 nitrogen and oxygen atoms in total. The molecule has 1 rings (SSSR count). The summed E-state index contributed by atoms with van der Waals surface area (Å²) in [4.78, 5) is 11.1. The fourth-order valence-corrected chi connectivity index (χ4v) is 1.77. The van der Waals surface area contributed by atoms with Crippen LogP contribution in [0.25, 0.3) is 0 Å². The predicted molar refractivity (Wildman–Crippen MR) is 71.3 cm³/mol. The zero-order valence-corrected chi connectivity index (χ0v) is 11.9. The Bertz CT molecular complexity index is 402. The first-order valence-electron chi connectivity index (χ1n) is 6.79. The largest absolute Gasteiger partial charge is 0.476 e. The first kappa shape index (κ1) is 15.6. The monoisotopic (exact) mass is 269 g/mol. The Balaban J connectivity index is 2.63. The second-order valence-corrected chi connectivity index (χ2v) is 4.98. The van der Waals surface area contributed by atoms with E-state index in [2.05, 4.69) is 17.2 Å². The molecule has 1 N–H and O–H groups in total. The first-order chi connectivity index (χ1) is 9.06. The van der Waals surface area contributed by atoms with Crippen molar-refractivity contribution in [3.05, 3.63) is 11.4 Å². The van der Waals surface area contributed by atoms with E-state index in [-0.39, 0.29) is 5.69 Å². The van der Waals surface area contributed by atoms with Crippen LogP contribution >= 0.6 is 0 Å². The maximum atomic E-state index is 11.1. The highest BCUT2D eigenvalue weighted by molar-refractivity contribution is 5.86. The lowest BCUT2D eigenvalue weighted by atomic mass is 10.1. The molecule has 0 atom stereocenters. The second kappa shape index (κ2) is 7.89. The molecule has 0 radical (unpaired) electrons. The van der Waals surface area contributed by atoms with E-state index in [0.717, 1.165) is 19.4 Å². The lowest BCUT2D eigenvalue weighted by Crippen LogP contribution is -2.14. The summed E-state index contributed by atoms with van der Waals surface area (Å²) >= 11 is 0. The van der Waals surface area contributed by atoms with E-state index in [1.807, 2.05) is 13.8 Å². The third-order valence-electron chi connectivity index (χ3n) is 2.73. The minimum Gasteiger partial charge on any atom is -0.476 e. The van der Waals surface area contributed by atoms with Gasteiger partial charge in [-0.05, 0) is 18.8 Å². The summed E-state index contributed by atoms with van der Waals surface area (Å²) < 4.78 is 7.12. The summed E-state index contributed by atoms with van der Waals surface area (Å²) in [6.07, 6.45) is 2.80. The molecule has 0 fully saturated rings. The number of nitrogens with zero attached hydrogens (tertiary/aromatic N) is 3. The highest BCUT2D eigenvalue weighted by Gasteiger charge is 2.19. The zero-order valence-electron chi connectivity index (χ0n) is 11.9. The number of aromatic nitrogens is 3. The maximum Gasteiger partial charge on any atom is 0.358 e. The van der Waals surface area contributed by atoms with E-state index < -0.39 is 5.97 Å². The second-order valence-electron chi connectivity index (χ2n) is 4.98. The molecule has 0 saturated heterocycles. The predicted octanol–water partition coefficient (Wildman–Crippen LogP) is 1.99. The van der Waals surface area contributed by atoms with Crippen molar-refractivity contribution in [3.63, 3.8) is 0 Å². The molecule has 0 aliphatic carbocycles. The summed E-state index contributed by atoms with van der Waals surface area (Å²) in [5, 5.41) is 16.7. The SMILES string of the molecule is CCCCOCCn1nnc(C(=O)O)c1CC(C)C. The Hall–Kier alpha value is -1.43. The first-order valence-corrected chi connectivity index (χ1v) is 6.79. The molecule has 1 aromatic heterocycles. The molecule has 0 aliphatic rings. The fourth-order valence-electron chi connectivity index (χ4n) is 1.77. The molecule has 0 spiro atoms. The molecule has 0 bridgehead atoms. The van der Waals surface area contributed by atoms with Crippen molar-refractivity contribution in [1.82, 2.24) is 15.0 Å². The van der Waals surface area contributed by atoms with Gasteiger partial charge in [-0.2, -0.15) is 0 Å². The molecule has 1 aromatic rings. The van der Waals surface area contributed by atoms with Crippen LogP contribution in [-0.4, -0.2) is 39.3 Å². The Labute approximate surface area is 113 Å². The van der Waals surface area contributed by atoms with E-state index in [1.165, 1.54) is 0 Å². The van der Waals surface area contributed by atoms with Crippen LogP contribution in [0.1, 0.15) is 49.8 Å². The fraction of sp³-hybridized carbons (Fsp3) is 0.769. The summed E-state index contributed by atoms with van der Waals surface area (Å²) in [6, 6.07) is 0. The van der Waals surface area contributed by atoms with Gasteiger partial charge < -0.3 is 9.84 Å². The number of aromatic carboxylic acids is 1. The summed E-state index contributed by atoms with van der Waals surface area (Å²) in [7, 11) is 0. The van der Waals surface area contributed by atoms with Gasteiger partial charge >= 0.3 is 5.97 Å². The van der Waals surface area contributed by atoms with Gasteiger partial charge in [0, 0.05) is 6.61 Å². The van der Waals surface area contributed by atoms with Crippen molar-refractivity contribution in [3.8, 4) is 0 Å². The Kier molecular flexibility index (Phi) is 6.49. The van der Waals surface area contributed by atoms with Crippen molar-refractivity contribution >= 4 is 5.97 Å². The van der Waals surface area contributed by atoms with E-state index in [9.17, 15) is 4.79 Å². The highest BCUT2D eigenvalue weighted by atomic mass is 16.5. The molecule has 19 heavy (non-hydrogen) atoms. The van der Waals surface area contributed by atoms with Crippen LogP contribution in [0.5, 0.6) is 0 Å². The van der Waals surface area contributed by atoms with Gasteiger partial charge in [-0.3, -0.25) is 0 Å². The van der Waals surface area contributed by atoms with E-state index >= 15 is 0 Å². The number of rotatable bonds is 9. The average molecular weight is 269 g/mol. The normalized spacial score (nSPS) is 11.2. The number of carbonyl (C=O) groups is 1. The van der Waals surface area contributed by atoms with Crippen LogP contribution in [0.15, 0.2) is 0 Å². The standard InChI is InChI=1S/C13H23N3O3/c1-4-5-7-19-8-6-16-11(9-10(2)3)12(13(17)18)14-15-16/h10H,4-9H2,1-3H3,(H,17,18). The molecule has 6 heteroatoms. The lowest BCUT2D eigenvalue weighted by Gasteiger charge is -2.09. The van der Waals surface area contributed by atoms with E-state index in [4.69, 9.17) is 9.84 Å². The maximum absolute atomic E-state index is 11.1. The molecule has 0 saturated carbocycles. The summed E-state index contributed by atoms with van der Waals surface area (Å²) in [5.74, 6) is -0.662. The van der Waals surface area contributed by atoms with Crippen LogP contribution < -0.4 is 0 Å². The number of unbranched alkanes of at least 4 members (excludes halogenated alkanes) is 1. The molecule has 0 amide bonds. The topological polar surface area (TPSA) is 77.2 Å². The number of carboxylic acid groups (broad SMARTS) is 1. The molecular weight excluding hydrogens is 246 g/mol. The summed E-state index contributed by atoms with van der Waals surface area (Å²) in [6.45, 7) is 8.01. The Morgan fingerprint density at radius 1 is 1.42 bits per heavy atom. The van der Waals surface area contributed by atoms with Gasteiger partial charge in [-0.1, -0.05) is 32.4 Å². The smallest absolute Gasteiger partial charge is 0.358 e. The Morgan fingerprint density at radius 3 is 2.74 bits per heavy atom. The van der Waals surface area contributed by atoms with Crippen LogP contribution in [0.4, 0.5) is 0 Å². The minimum atomic E-state index is -1.02. The minimum absolute atomic E-state index is 0.0576. The Morgan fingerprint density at radius 2 is 2.16 bits per heavy atom. The highest BCUT2D eigenvalue weighted by Crippen LogP contribution is 2.12. The summed E-state index contributed by atoms with van der Waals surface area (Å²) in [5.41, 5.74) is 0.740. The van der Waals surface area contributed by atoms with Gasteiger partial charge in [0.25, 0.3) is 0 Å². The third kappa shape index (κ3) is 4.98. The average Bonchev–Trinajstić information content (AvgIpc) is 2.71. The van der Waals surface area contributed by atoms with Gasteiger partial charge in [-0.15, -0.1) is 5.10 Å². The van der Waals surface area contributed by atoms with Crippen LogP contribution in [-0.2, 0) is 17.7 Å². The van der Waals surface area contributed by atoms with E-state index in [1.54, 1.807) is 4.68 Å². The zero-order chi connectivity index (χ0) is 14.3. The number of carboxylic acids is 1. The molecule has 1 heterocycles. The number of hydrogen-bond donors (Lipinski definition) is 1. The van der Waals surface area contributed by atoms with Crippen molar-refractivity contribution < 1.29 is 14.6 Å². The molecule has 0 aromatic carbocycles. The van der Waals surface area contributed by atoms with Crippen LogP contribution in [0.3, 0.4) is 0 Å². The number of hydrogen-bond acceptors (Lipinski definition) is 4. The van der Waals surface area contributed by atoms with Crippen molar-refractivity contribution in [1.29, 1.82) is 0 Å². The van der Waals surface area contributed by atoms with Gasteiger partial charge in [0.2, 0.25) is 0 Å². The van der Waals surface area contributed by atoms with Crippen LogP contribution in [0, 0.1) is 5.92 Å². The number of ether oxygens (including phenoxy) is 1. The van der Waals surface area contributed by atoms with Gasteiger partial charge in [0.1, 0.15) is 0 Å². The molecule has 108 valence electrons. The van der Waals surface area contributed by atoms with E-state index in [0.29, 0.717) is 31.2 Å². The molecule has 0 unspecified atom stereocenters. The molecular formula is C13H23N3O3. The van der Waals surface area contributed by atoms with Gasteiger partial charge in [0.15, 0.2) is 5.69 Å². The molecule has 0 aliphatic heterocycles. The van der Waals surface area contributed by atoms with Crippen LogP contribution in [0.2, 0.25) is 0 Å². The van der Waals surface area contributed by atoms with Gasteiger partial charge in [0.05, 0.1) is 18.8 Å². The van der Waals surface area contributed by atoms with Crippen molar-refractivity contribution in [2.24, 2.45) is 5.92 Å².